The van der Waals surface area contributed by atoms with E-state index >= 15 is 0 Å². The number of likely N-dealkylation sites (N-methyl/N-ethyl adjacent to an activating group) is 1. The fourth-order valence-corrected chi connectivity index (χ4v) is 4.01. The number of hydrogen-bond acceptors (Lipinski definition) is 4. The van der Waals surface area contributed by atoms with Gasteiger partial charge in [0, 0.05) is 30.3 Å². The molecule has 2 aliphatic heterocycles. The van der Waals surface area contributed by atoms with E-state index in [0.29, 0.717) is 0 Å². The first kappa shape index (κ1) is 21.0. The number of halogens is 3. The van der Waals surface area contributed by atoms with Crippen molar-refractivity contribution >= 4 is 62.3 Å². The molecule has 1 saturated heterocycles. The molecular weight excluding hydrogens is 470 g/mol. The lowest BCUT2D eigenvalue weighted by Gasteiger charge is -2.20. The Kier molecular flexibility index (Phi) is 10.4. The summed E-state index contributed by atoms with van der Waals surface area (Å²) < 4.78 is 0. The second-order valence-corrected chi connectivity index (χ2v) is 6.36. The molecule has 0 aliphatic carbocycles. The van der Waals surface area contributed by atoms with Crippen molar-refractivity contribution in [3.63, 3.8) is 0 Å². The summed E-state index contributed by atoms with van der Waals surface area (Å²) in [6.07, 6.45) is 4.89. The second-order valence-electron chi connectivity index (χ2n) is 5.25. The maximum Gasteiger partial charge on any atom is 0.0963 e. The van der Waals surface area contributed by atoms with Crippen molar-refractivity contribution in [3.8, 4) is 0 Å². The lowest BCUT2D eigenvalue weighted by atomic mass is 9.99. The third-order valence-electron chi connectivity index (χ3n) is 3.93. The molecule has 3 nitrogen and oxygen atoms in total. The van der Waals surface area contributed by atoms with Gasteiger partial charge in [0.1, 0.15) is 0 Å². The van der Waals surface area contributed by atoms with E-state index in [0.717, 1.165) is 25.4 Å². The van der Waals surface area contributed by atoms with Crippen LogP contribution >= 0.6 is 62.3 Å². The van der Waals surface area contributed by atoms with Gasteiger partial charge in [-0.05, 0) is 39.4 Å². The summed E-state index contributed by atoms with van der Waals surface area (Å²) in [5.41, 5.74) is 1.40. The maximum atomic E-state index is 4.93. The Bertz CT molecular complexity index is 369. The number of fused-ring (bicyclic) bond motifs is 1. The van der Waals surface area contributed by atoms with Crippen molar-refractivity contribution in [2.75, 3.05) is 33.2 Å². The van der Waals surface area contributed by atoms with Crippen molar-refractivity contribution in [2.24, 2.45) is 0 Å². The molecule has 0 bridgehead atoms. The quantitative estimate of drug-likeness (QED) is 0.650. The molecule has 2 aliphatic rings. The van der Waals surface area contributed by atoms with Crippen LogP contribution < -0.4 is 5.32 Å². The largest absolute Gasteiger partial charge is 0.317 e. The van der Waals surface area contributed by atoms with E-state index in [4.69, 9.17) is 4.98 Å². The number of thiazole rings is 1. The minimum absolute atomic E-state index is 0. The minimum atomic E-state index is 0. The Morgan fingerprint density at radius 3 is 2.45 bits per heavy atom. The van der Waals surface area contributed by atoms with Crippen LogP contribution in [0.4, 0.5) is 0 Å². The first-order valence-corrected chi connectivity index (χ1v) is 7.52. The molecule has 0 amide bonds. The Balaban J connectivity index is 0.00000120. The standard InChI is InChI=1S/C13H21N3S.3BrH/c1-16-8-4-11-12(5-9-16)17-13(15-11)10-2-6-14-7-3-10;;;/h10,14H,2-9H2,1H3;3*1H. The highest BCUT2D eigenvalue weighted by Crippen LogP contribution is 2.32. The zero-order valence-corrected chi connectivity index (χ0v) is 17.7. The Morgan fingerprint density at radius 1 is 1.10 bits per heavy atom. The Labute approximate surface area is 157 Å². The summed E-state index contributed by atoms with van der Waals surface area (Å²) >= 11 is 1.99. The number of piperidine rings is 1. The topological polar surface area (TPSA) is 28.2 Å². The van der Waals surface area contributed by atoms with E-state index in [1.807, 2.05) is 11.3 Å². The molecule has 3 rings (SSSR count). The molecule has 118 valence electrons. The van der Waals surface area contributed by atoms with Gasteiger partial charge in [0.15, 0.2) is 0 Å². The molecule has 0 spiro atoms. The van der Waals surface area contributed by atoms with Gasteiger partial charge in [0.05, 0.1) is 10.7 Å². The highest BCUT2D eigenvalue weighted by molar-refractivity contribution is 8.93. The number of aromatic nitrogens is 1. The van der Waals surface area contributed by atoms with Gasteiger partial charge < -0.3 is 10.2 Å². The highest BCUT2D eigenvalue weighted by atomic mass is 79.9. The molecular formula is C13H24Br3N3S. The summed E-state index contributed by atoms with van der Waals surface area (Å²) in [7, 11) is 2.21. The zero-order valence-electron chi connectivity index (χ0n) is 11.8. The number of nitrogens with zero attached hydrogens (tertiary/aromatic N) is 2. The van der Waals surface area contributed by atoms with Gasteiger partial charge in [-0.1, -0.05) is 0 Å². The SMILES string of the molecule is Br.Br.Br.CN1CCc2nc(C3CCNCC3)sc2CC1. The number of rotatable bonds is 1. The number of nitrogens with one attached hydrogen (secondary N) is 1. The van der Waals surface area contributed by atoms with Crippen LogP contribution in [0.2, 0.25) is 0 Å². The lowest BCUT2D eigenvalue weighted by Crippen LogP contribution is -2.26. The van der Waals surface area contributed by atoms with Gasteiger partial charge in [0.25, 0.3) is 0 Å². The first-order valence-electron chi connectivity index (χ1n) is 6.70. The molecule has 0 radical (unpaired) electrons. The van der Waals surface area contributed by atoms with Crippen molar-refractivity contribution in [1.82, 2.24) is 15.2 Å². The fourth-order valence-electron chi connectivity index (χ4n) is 2.74. The summed E-state index contributed by atoms with van der Waals surface area (Å²) in [6, 6.07) is 0. The van der Waals surface area contributed by atoms with Gasteiger partial charge in [-0.3, -0.25) is 0 Å². The predicted octanol–water partition coefficient (Wildman–Crippen LogP) is 3.37. The molecule has 1 aromatic heterocycles. The minimum Gasteiger partial charge on any atom is -0.317 e. The van der Waals surface area contributed by atoms with E-state index in [1.165, 1.54) is 43.1 Å². The Hall–Kier alpha value is 0.990. The maximum absolute atomic E-state index is 4.93. The first-order chi connectivity index (χ1) is 8.33. The van der Waals surface area contributed by atoms with Crippen molar-refractivity contribution in [3.05, 3.63) is 15.6 Å². The molecule has 0 saturated carbocycles. The van der Waals surface area contributed by atoms with Gasteiger partial charge >= 0.3 is 0 Å². The summed E-state index contributed by atoms with van der Waals surface area (Å²) in [4.78, 5) is 8.91. The van der Waals surface area contributed by atoms with Crippen LogP contribution in [0, 0.1) is 0 Å². The molecule has 0 aromatic carbocycles. The third-order valence-corrected chi connectivity index (χ3v) is 5.25. The monoisotopic (exact) mass is 491 g/mol. The second kappa shape index (κ2) is 9.90. The van der Waals surface area contributed by atoms with Crippen LogP contribution in [0.1, 0.15) is 34.3 Å². The highest BCUT2D eigenvalue weighted by Gasteiger charge is 2.22. The van der Waals surface area contributed by atoms with Gasteiger partial charge in [-0.2, -0.15) is 0 Å². The average molecular weight is 494 g/mol. The molecule has 7 heteroatoms. The van der Waals surface area contributed by atoms with E-state index in [9.17, 15) is 0 Å². The van der Waals surface area contributed by atoms with Crippen molar-refractivity contribution in [2.45, 2.75) is 31.6 Å². The van der Waals surface area contributed by atoms with Gasteiger partial charge in [-0.15, -0.1) is 62.3 Å². The lowest BCUT2D eigenvalue weighted by molar-refractivity contribution is 0.352. The van der Waals surface area contributed by atoms with Crippen LogP contribution in [-0.4, -0.2) is 43.1 Å². The van der Waals surface area contributed by atoms with Crippen LogP contribution in [0.3, 0.4) is 0 Å². The van der Waals surface area contributed by atoms with Crippen LogP contribution in [0.5, 0.6) is 0 Å². The summed E-state index contributed by atoms with van der Waals surface area (Å²) in [5, 5.41) is 4.85. The molecule has 1 aromatic rings. The van der Waals surface area contributed by atoms with E-state index in [-0.39, 0.29) is 50.9 Å². The number of hydrogen-bond donors (Lipinski definition) is 1. The predicted molar refractivity (Wildman–Crippen MR) is 103 cm³/mol. The zero-order chi connectivity index (χ0) is 11.7. The molecule has 1 N–H and O–H groups in total. The van der Waals surface area contributed by atoms with Crippen LogP contribution in [-0.2, 0) is 12.8 Å². The smallest absolute Gasteiger partial charge is 0.0963 e. The van der Waals surface area contributed by atoms with Crippen molar-refractivity contribution in [1.29, 1.82) is 0 Å². The molecule has 3 heterocycles. The van der Waals surface area contributed by atoms with Gasteiger partial charge in [0.2, 0.25) is 0 Å². The fraction of sp³-hybridized carbons (Fsp3) is 0.769. The Morgan fingerprint density at radius 2 is 1.75 bits per heavy atom. The molecule has 20 heavy (non-hydrogen) atoms. The molecule has 0 unspecified atom stereocenters. The molecule has 0 atom stereocenters. The normalized spacial score (nSPS) is 19.9. The van der Waals surface area contributed by atoms with Gasteiger partial charge in [-0.25, -0.2) is 4.98 Å². The third kappa shape index (κ3) is 5.02. The van der Waals surface area contributed by atoms with E-state index in [2.05, 4.69) is 17.3 Å². The average Bonchev–Trinajstić information content (AvgIpc) is 2.71. The van der Waals surface area contributed by atoms with E-state index in [1.54, 1.807) is 4.88 Å². The van der Waals surface area contributed by atoms with Crippen LogP contribution in [0.15, 0.2) is 0 Å². The summed E-state index contributed by atoms with van der Waals surface area (Å²) in [6.45, 7) is 4.69. The summed E-state index contributed by atoms with van der Waals surface area (Å²) in [5.74, 6) is 0.728. The van der Waals surface area contributed by atoms with Crippen molar-refractivity contribution < 1.29 is 0 Å². The van der Waals surface area contributed by atoms with Crippen LogP contribution in [0.25, 0.3) is 0 Å². The van der Waals surface area contributed by atoms with E-state index < -0.39 is 0 Å². The molecule has 1 fully saturated rings.